The van der Waals surface area contributed by atoms with Crippen LogP contribution < -0.4 is 0 Å². The Morgan fingerprint density at radius 1 is 1.09 bits per heavy atom. The van der Waals surface area contributed by atoms with Crippen molar-refractivity contribution in [2.24, 2.45) is 5.92 Å². The van der Waals surface area contributed by atoms with E-state index < -0.39 is 0 Å². The molecule has 0 saturated carbocycles. The number of hydrogen-bond acceptors (Lipinski definition) is 3. The molecule has 3 rings (SSSR count). The molecule has 2 aliphatic rings. The number of ether oxygens (including phenoxy) is 1. The van der Waals surface area contributed by atoms with Crippen molar-refractivity contribution in [3.63, 3.8) is 0 Å². The second kappa shape index (κ2) is 7.84. The monoisotopic (exact) mass is 356 g/mol. The van der Waals surface area contributed by atoms with Crippen molar-refractivity contribution < 1.29 is 9.53 Å². The second-order valence-corrected chi connectivity index (χ2v) is 7.00. The van der Waals surface area contributed by atoms with Crippen molar-refractivity contribution in [1.29, 1.82) is 0 Å². The van der Waals surface area contributed by atoms with Crippen molar-refractivity contribution in [2.75, 3.05) is 39.4 Å². The molecule has 0 aliphatic carbocycles. The zero-order valence-corrected chi connectivity index (χ0v) is 14.7. The SMILES string of the molecule is O=C(C1CCN(Cc2c(Cl)cccc2Cl)CC1)N1CCOCC1. The highest BCUT2D eigenvalue weighted by atomic mass is 35.5. The van der Waals surface area contributed by atoms with Crippen LogP contribution in [0.1, 0.15) is 18.4 Å². The molecule has 0 spiro atoms. The molecule has 2 fully saturated rings. The van der Waals surface area contributed by atoms with E-state index >= 15 is 0 Å². The lowest BCUT2D eigenvalue weighted by Crippen LogP contribution is -2.46. The van der Waals surface area contributed by atoms with E-state index in [9.17, 15) is 4.79 Å². The first-order valence-electron chi connectivity index (χ1n) is 8.17. The fourth-order valence-corrected chi connectivity index (χ4v) is 3.80. The van der Waals surface area contributed by atoms with Crippen LogP contribution in [-0.2, 0) is 16.1 Å². The van der Waals surface area contributed by atoms with E-state index in [1.165, 1.54) is 0 Å². The summed E-state index contributed by atoms with van der Waals surface area (Å²) in [6, 6.07) is 5.61. The van der Waals surface area contributed by atoms with Crippen LogP contribution in [0.2, 0.25) is 10.0 Å². The Balaban J connectivity index is 1.53. The summed E-state index contributed by atoms with van der Waals surface area (Å²) in [6.07, 6.45) is 1.80. The van der Waals surface area contributed by atoms with E-state index in [4.69, 9.17) is 27.9 Å². The van der Waals surface area contributed by atoms with Gasteiger partial charge in [0.1, 0.15) is 0 Å². The van der Waals surface area contributed by atoms with Gasteiger partial charge in [-0.1, -0.05) is 29.3 Å². The number of likely N-dealkylation sites (tertiary alicyclic amines) is 1. The lowest BCUT2D eigenvalue weighted by molar-refractivity contribution is -0.141. The minimum Gasteiger partial charge on any atom is -0.378 e. The standard InChI is InChI=1S/C17H22Cl2N2O2/c18-15-2-1-3-16(19)14(15)12-20-6-4-13(5-7-20)17(22)21-8-10-23-11-9-21/h1-3,13H,4-12H2. The molecule has 2 saturated heterocycles. The largest absolute Gasteiger partial charge is 0.378 e. The number of carbonyl (C=O) groups excluding carboxylic acids is 1. The molecule has 2 aliphatic heterocycles. The fourth-order valence-electron chi connectivity index (χ4n) is 3.29. The molecule has 1 amide bonds. The summed E-state index contributed by atoms with van der Waals surface area (Å²) in [5.41, 5.74) is 0.980. The number of amides is 1. The summed E-state index contributed by atoms with van der Waals surface area (Å²) in [7, 11) is 0. The molecule has 2 heterocycles. The second-order valence-electron chi connectivity index (χ2n) is 6.19. The van der Waals surface area contributed by atoms with Crippen LogP contribution in [0.25, 0.3) is 0 Å². The molecule has 6 heteroatoms. The summed E-state index contributed by atoms with van der Waals surface area (Å²) >= 11 is 12.5. The lowest BCUT2D eigenvalue weighted by atomic mass is 9.94. The molecular weight excluding hydrogens is 335 g/mol. The molecular formula is C17H22Cl2N2O2. The predicted molar refractivity (Wildman–Crippen MR) is 91.9 cm³/mol. The van der Waals surface area contributed by atoms with Gasteiger partial charge in [0, 0.05) is 41.2 Å². The topological polar surface area (TPSA) is 32.8 Å². The number of carbonyl (C=O) groups is 1. The summed E-state index contributed by atoms with van der Waals surface area (Å²) in [4.78, 5) is 16.8. The summed E-state index contributed by atoms with van der Waals surface area (Å²) in [5, 5.41) is 1.42. The Kier molecular flexibility index (Phi) is 5.81. The van der Waals surface area contributed by atoms with Gasteiger partial charge in [0.2, 0.25) is 5.91 Å². The van der Waals surface area contributed by atoms with E-state index in [2.05, 4.69) is 4.90 Å². The lowest BCUT2D eigenvalue weighted by Gasteiger charge is -2.35. The normalized spacial score (nSPS) is 20.7. The number of halogens is 2. The maximum atomic E-state index is 12.5. The summed E-state index contributed by atoms with van der Waals surface area (Å²) < 4.78 is 5.32. The van der Waals surface area contributed by atoms with Crippen molar-refractivity contribution in [2.45, 2.75) is 19.4 Å². The van der Waals surface area contributed by atoms with Gasteiger partial charge < -0.3 is 9.64 Å². The zero-order chi connectivity index (χ0) is 16.2. The highest BCUT2D eigenvalue weighted by Gasteiger charge is 2.29. The third kappa shape index (κ3) is 4.18. The number of rotatable bonds is 3. The van der Waals surface area contributed by atoms with Crippen LogP contribution in [0.4, 0.5) is 0 Å². The number of hydrogen-bond donors (Lipinski definition) is 0. The molecule has 0 unspecified atom stereocenters. The van der Waals surface area contributed by atoms with Crippen LogP contribution in [-0.4, -0.2) is 55.1 Å². The van der Waals surface area contributed by atoms with E-state index in [0.29, 0.717) is 29.2 Å². The van der Waals surface area contributed by atoms with Gasteiger partial charge in [-0.25, -0.2) is 0 Å². The van der Waals surface area contributed by atoms with Crippen LogP contribution in [0.5, 0.6) is 0 Å². The highest BCUT2D eigenvalue weighted by molar-refractivity contribution is 6.35. The van der Waals surface area contributed by atoms with Gasteiger partial charge in [-0.3, -0.25) is 9.69 Å². The molecule has 1 aromatic carbocycles. The number of piperidine rings is 1. The number of nitrogens with zero attached hydrogens (tertiary/aromatic N) is 2. The average molecular weight is 357 g/mol. The Bertz CT molecular complexity index is 533. The number of benzene rings is 1. The average Bonchev–Trinajstić information content (AvgIpc) is 2.59. The van der Waals surface area contributed by atoms with Crippen LogP contribution in [0, 0.1) is 5.92 Å². The van der Waals surface area contributed by atoms with Gasteiger partial charge in [0.25, 0.3) is 0 Å². The van der Waals surface area contributed by atoms with E-state index in [1.54, 1.807) is 0 Å². The minimum atomic E-state index is 0.145. The Morgan fingerprint density at radius 2 is 1.70 bits per heavy atom. The van der Waals surface area contributed by atoms with E-state index in [0.717, 1.165) is 51.1 Å². The van der Waals surface area contributed by atoms with Gasteiger partial charge in [0.15, 0.2) is 0 Å². The van der Waals surface area contributed by atoms with Gasteiger partial charge in [-0.2, -0.15) is 0 Å². The van der Waals surface area contributed by atoms with Gasteiger partial charge in [-0.05, 0) is 38.1 Å². The Hall–Kier alpha value is -0.810. The van der Waals surface area contributed by atoms with Crippen LogP contribution >= 0.6 is 23.2 Å². The molecule has 0 bridgehead atoms. The van der Waals surface area contributed by atoms with E-state index in [1.807, 2.05) is 23.1 Å². The Labute approximate surface area is 147 Å². The first-order chi connectivity index (χ1) is 11.1. The molecule has 23 heavy (non-hydrogen) atoms. The highest BCUT2D eigenvalue weighted by Crippen LogP contribution is 2.28. The third-order valence-corrected chi connectivity index (χ3v) is 5.41. The Morgan fingerprint density at radius 3 is 2.30 bits per heavy atom. The van der Waals surface area contributed by atoms with Gasteiger partial charge in [0.05, 0.1) is 13.2 Å². The zero-order valence-electron chi connectivity index (χ0n) is 13.1. The molecule has 4 nitrogen and oxygen atoms in total. The molecule has 0 atom stereocenters. The summed E-state index contributed by atoms with van der Waals surface area (Å²) in [6.45, 7) is 5.34. The maximum absolute atomic E-state index is 12.5. The molecule has 126 valence electrons. The third-order valence-electron chi connectivity index (χ3n) is 4.70. The smallest absolute Gasteiger partial charge is 0.225 e. The molecule has 0 N–H and O–H groups in total. The molecule has 0 radical (unpaired) electrons. The summed E-state index contributed by atoms with van der Waals surface area (Å²) in [5.74, 6) is 0.440. The first kappa shape index (κ1) is 17.0. The first-order valence-corrected chi connectivity index (χ1v) is 8.92. The minimum absolute atomic E-state index is 0.145. The van der Waals surface area contributed by atoms with Crippen molar-refractivity contribution in [1.82, 2.24) is 9.80 Å². The van der Waals surface area contributed by atoms with E-state index in [-0.39, 0.29) is 5.92 Å². The van der Waals surface area contributed by atoms with Gasteiger partial charge in [-0.15, -0.1) is 0 Å². The fraction of sp³-hybridized carbons (Fsp3) is 0.588. The van der Waals surface area contributed by atoms with Crippen molar-refractivity contribution in [3.8, 4) is 0 Å². The van der Waals surface area contributed by atoms with Crippen molar-refractivity contribution in [3.05, 3.63) is 33.8 Å². The maximum Gasteiger partial charge on any atom is 0.225 e. The quantitative estimate of drug-likeness (QED) is 0.834. The number of morpholine rings is 1. The van der Waals surface area contributed by atoms with Crippen molar-refractivity contribution >= 4 is 29.1 Å². The predicted octanol–water partition coefficient (Wildman–Crippen LogP) is 3.06. The molecule has 0 aromatic heterocycles. The van der Waals surface area contributed by atoms with Crippen LogP contribution in [0.15, 0.2) is 18.2 Å². The van der Waals surface area contributed by atoms with Crippen LogP contribution in [0.3, 0.4) is 0 Å². The van der Waals surface area contributed by atoms with Gasteiger partial charge >= 0.3 is 0 Å². The molecule has 1 aromatic rings.